The third-order valence-electron chi connectivity index (χ3n) is 3.20. The lowest BCUT2D eigenvalue weighted by Crippen LogP contribution is -2.05. The van der Waals surface area contributed by atoms with Crippen molar-refractivity contribution < 1.29 is 14.3 Å². The van der Waals surface area contributed by atoms with E-state index in [2.05, 4.69) is 36.9 Å². The Kier molecular flexibility index (Phi) is 4.63. The highest BCUT2D eigenvalue weighted by Gasteiger charge is 2.25. The van der Waals surface area contributed by atoms with E-state index in [1.54, 1.807) is 13.2 Å². The second-order valence-corrected chi connectivity index (χ2v) is 6.42. The molecule has 0 bridgehead atoms. The summed E-state index contributed by atoms with van der Waals surface area (Å²) in [7, 11) is 1.60. The van der Waals surface area contributed by atoms with Crippen molar-refractivity contribution in [1.29, 1.82) is 0 Å². The molecule has 6 heteroatoms. The van der Waals surface area contributed by atoms with Gasteiger partial charge in [0.2, 0.25) is 5.90 Å². The van der Waals surface area contributed by atoms with Gasteiger partial charge < -0.3 is 9.47 Å². The van der Waals surface area contributed by atoms with Crippen molar-refractivity contribution in [3.05, 3.63) is 68.2 Å². The number of ether oxygens (including phenoxy) is 2. The van der Waals surface area contributed by atoms with E-state index in [0.29, 0.717) is 5.90 Å². The number of rotatable bonds is 3. The number of cyclic esters (lactones) is 1. The molecule has 23 heavy (non-hydrogen) atoms. The zero-order chi connectivity index (χ0) is 16.4. The number of halogens is 2. The number of hydrogen-bond acceptors (Lipinski definition) is 4. The largest absolute Gasteiger partial charge is 0.496 e. The van der Waals surface area contributed by atoms with Crippen molar-refractivity contribution in [1.82, 2.24) is 0 Å². The fraction of sp³-hybridized carbons (Fsp3) is 0.0588. The van der Waals surface area contributed by atoms with Crippen molar-refractivity contribution in [2.24, 2.45) is 4.99 Å². The molecule has 4 nitrogen and oxygen atoms in total. The topological polar surface area (TPSA) is 47.9 Å². The summed E-state index contributed by atoms with van der Waals surface area (Å²) in [6.07, 6.45) is 1.68. The average molecular weight is 437 g/mol. The van der Waals surface area contributed by atoms with Crippen LogP contribution in [0, 0.1) is 0 Å². The molecule has 0 atom stereocenters. The predicted molar refractivity (Wildman–Crippen MR) is 95.4 cm³/mol. The molecule has 2 aromatic rings. The summed E-state index contributed by atoms with van der Waals surface area (Å²) in [5, 5.41) is 0. The van der Waals surface area contributed by atoms with Crippen molar-refractivity contribution in [3.63, 3.8) is 0 Å². The van der Waals surface area contributed by atoms with Crippen LogP contribution in [0.4, 0.5) is 0 Å². The summed E-state index contributed by atoms with van der Waals surface area (Å²) in [6.45, 7) is 0. The number of hydrogen-bond donors (Lipinski definition) is 0. The normalized spacial score (nSPS) is 15.5. The van der Waals surface area contributed by atoms with Crippen LogP contribution in [0.5, 0.6) is 5.75 Å². The lowest BCUT2D eigenvalue weighted by Gasteiger charge is -2.03. The van der Waals surface area contributed by atoms with Crippen LogP contribution in [0.3, 0.4) is 0 Å². The lowest BCUT2D eigenvalue weighted by molar-refractivity contribution is -0.129. The van der Waals surface area contributed by atoms with Gasteiger partial charge in [0, 0.05) is 4.47 Å². The summed E-state index contributed by atoms with van der Waals surface area (Å²) < 4.78 is 12.1. The maximum Gasteiger partial charge on any atom is 0.363 e. The van der Waals surface area contributed by atoms with Crippen LogP contribution in [0.2, 0.25) is 0 Å². The summed E-state index contributed by atoms with van der Waals surface area (Å²) >= 11 is 6.84. The monoisotopic (exact) mass is 435 g/mol. The van der Waals surface area contributed by atoms with Crippen LogP contribution in [0.1, 0.15) is 11.1 Å². The molecule has 0 aliphatic carbocycles. The fourth-order valence-corrected chi connectivity index (χ4v) is 3.10. The summed E-state index contributed by atoms with van der Waals surface area (Å²) in [4.78, 5) is 16.3. The number of carbonyl (C=O) groups is 1. The highest BCUT2D eigenvalue weighted by atomic mass is 79.9. The molecule has 0 radical (unpaired) electrons. The Morgan fingerprint density at radius 3 is 2.61 bits per heavy atom. The molecule has 0 saturated carbocycles. The zero-order valence-corrected chi connectivity index (χ0v) is 15.2. The van der Waals surface area contributed by atoms with Crippen molar-refractivity contribution in [2.75, 3.05) is 7.11 Å². The Balaban J connectivity index is 1.95. The van der Waals surface area contributed by atoms with Gasteiger partial charge in [-0.25, -0.2) is 9.79 Å². The Labute approximate surface area is 150 Å². The minimum Gasteiger partial charge on any atom is -0.496 e. The minimum absolute atomic E-state index is 0.257. The molecule has 0 aromatic heterocycles. The maximum absolute atomic E-state index is 12.0. The Morgan fingerprint density at radius 2 is 1.91 bits per heavy atom. The van der Waals surface area contributed by atoms with Gasteiger partial charge >= 0.3 is 5.97 Å². The van der Waals surface area contributed by atoms with E-state index >= 15 is 0 Å². The first-order chi connectivity index (χ1) is 11.1. The SMILES string of the molecule is COc1ccc(/C=C2/N=C(c3ccccc3Br)OC2=O)cc1Br. The third kappa shape index (κ3) is 3.38. The molecule has 1 aliphatic rings. The van der Waals surface area contributed by atoms with E-state index in [9.17, 15) is 4.79 Å². The van der Waals surface area contributed by atoms with Gasteiger partial charge in [-0.3, -0.25) is 0 Å². The molecule has 1 heterocycles. The van der Waals surface area contributed by atoms with Gasteiger partial charge in [0.25, 0.3) is 0 Å². The number of methoxy groups -OCH3 is 1. The van der Waals surface area contributed by atoms with Crippen LogP contribution in [0.15, 0.2) is 62.1 Å². The number of benzene rings is 2. The highest BCUT2D eigenvalue weighted by Crippen LogP contribution is 2.28. The third-order valence-corrected chi connectivity index (χ3v) is 4.52. The minimum atomic E-state index is -0.470. The number of esters is 1. The summed E-state index contributed by atoms with van der Waals surface area (Å²) in [5.41, 5.74) is 1.81. The van der Waals surface area contributed by atoms with Gasteiger partial charge in [-0.2, -0.15) is 0 Å². The van der Waals surface area contributed by atoms with Gasteiger partial charge in [0.15, 0.2) is 5.70 Å². The van der Waals surface area contributed by atoms with Crippen LogP contribution in [0.25, 0.3) is 6.08 Å². The van der Waals surface area contributed by atoms with E-state index in [0.717, 1.165) is 25.8 Å². The van der Waals surface area contributed by atoms with Gasteiger partial charge in [0.05, 0.1) is 17.1 Å². The molecule has 0 unspecified atom stereocenters. The van der Waals surface area contributed by atoms with E-state index in [4.69, 9.17) is 9.47 Å². The predicted octanol–water partition coefficient (Wildman–Crippen LogP) is 4.56. The van der Waals surface area contributed by atoms with Crippen LogP contribution in [-0.2, 0) is 9.53 Å². The van der Waals surface area contributed by atoms with Crippen molar-refractivity contribution in [2.45, 2.75) is 0 Å². The molecule has 1 aliphatic heterocycles. The first-order valence-corrected chi connectivity index (χ1v) is 8.28. The van der Waals surface area contributed by atoms with E-state index in [-0.39, 0.29) is 5.70 Å². The van der Waals surface area contributed by atoms with Crippen LogP contribution < -0.4 is 4.74 Å². The van der Waals surface area contributed by atoms with Gasteiger partial charge in [-0.1, -0.05) is 18.2 Å². The average Bonchev–Trinajstić information content (AvgIpc) is 2.89. The maximum atomic E-state index is 12.0. The molecule has 0 amide bonds. The molecule has 0 fully saturated rings. The van der Waals surface area contributed by atoms with E-state index in [1.807, 2.05) is 42.5 Å². The molecular formula is C17H11Br2NO3. The Hall–Kier alpha value is -1.92. The van der Waals surface area contributed by atoms with Crippen molar-refractivity contribution >= 4 is 49.8 Å². The zero-order valence-electron chi connectivity index (χ0n) is 12.0. The molecular weight excluding hydrogens is 426 g/mol. The fourth-order valence-electron chi connectivity index (χ4n) is 2.09. The van der Waals surface area contributed by atoms with Gasteiger partial charge in [-0.15, -0.1) is 0 Å². The number of aliphatic imine (C=N–C) groups is 1. The summed E-state index contributed by atoms with van der Waals surface area (Å²) in [5.74, 6) is 0.544. The smallest absolute Gasteiger partial charge is 0.363 e. The summed E-state index contributed by atoms with van der Waals surface area (Å²) in [6, 6.07) is 13.0. The van der Waals surface area contributed by atoms with Gasteiger partial charge in [0.1, 0.15) is 5.75 Å². The van der Waals surface area contributed by atoms with Crippen LogP contribution >= 0.6 is 31.9 Å². The standard InChI is InChI=1S/C17H11Br2NO3/c1-22-15-7-6-10(8-13(15)19)9-14-17(21)23-16(20-14)11-4-2-3-5-12(11)18/h2-9H,1H3/b14-9+. The lowest BCUT2D eigenvalue weighted by atomic mass is 10.2. The Bertz CT molecular complexity index is 843. The first-order valence-electron chi connectivity index (χ1n) is 6.69. The van der Waals surface area contributed by atoms with Crippen LogP contribution in [-0.4, -0.2) is 19.0 Å². The molecule has 0 N–H and O–H groups in total. The molecule has 0 spiro atoms. The van der Waals surface area contributed by atoms with E-state index < -0.39 is 5.97 Å². The van der Waals surface area contributed by atoms with Crippen molar-refractivity contribution in [3.8, 4) is 5.75 Å². The quantitative estimate of drug-likeness (QED) is 0.523. The first kappa shape index (κ1) is 16.0. The highest BCUT2D eigenvalue weighted by molar-refractivity contribution is 9.10. The molecule has 0 saturated heterocycles. The molecule has 2 aromatic carbocycles. The second-order valence-electron chi connectivity index (χ2n) is 4.71. The molecule has 3 rings (SSSR count). The number of nitrogens with zero attached hydrogens (tertiary/aromatic N) is 1. The molecule has 116 valence electrons. The Morgan fingerprint density at radius 1 is 1.13 bits per heavy atom. The second kappa shape index (κ2) is 6.68. The van der Waals surface area contributed by atoms with Gasteiger partial charge in [-0.05, 0) is 67.8 Å². The number of carbonyl (C=O) groups excluding carboxylic acids is 1. The van der Waals surface area contributed by atoms with E-state index in [1.165, 1.54) is 0 Å².